The summed E-state index contributed by atoms with van der Waals surface area (Å²) in [4.78, 5) is 22.1. The summed E-state index contributed by atoms with van der Waals surface area (Å²) >= 11 is 0. The number of allylic oxidation sites excluding steroid dienone is 1. The van der Waals surface area contributed by atoms with E-state index in [2.05, 4.69) is 34.3 Å². The van der Waals surface area contributed by atoms with Crippen LogP contribution in [0.25, 0.3) is 34.1 Å². The van der Waals surface area contributed by atoms with Gasteiger partial charge in [0.15, 0.2) is 0 Å². The van der Waals surface area contributed by atoms with Gasteiger partial charge >= 0.3 is 5.69 Å². The lowest BCUT2D eigenvalue weighted by Gasteiger charge is -2.16. The molecule has 3 heterocycles. The molecule has 0 fully saturated rings. The lowest BCUT2D eigenvalue weighted by atomic mass is 9.86. The maximum Gasteiger partial charge on any atom is 0.332 e. The van der Waals surface area contributed by atoms with Crippen LogP contribution < -0.4 is 5.69 Å². The van der Waals surface area contributed by atoms with Gasteiger partial charge in [-0.05, 0) is 49.2 Å². The number of nitriles is 1. The van der Waals surface area contributed by atoms with Gasteiger partial charge < -0.3 is 4.57 Å². The molecule has 1 aliphatic rings. The summed E-state index contributed by atoms with van der Waals surface area (Å²) in [7, 11) is 1.74. The summed E-state index contributed by atoms with van der Waals surface area (Å²) in [5.74, 6) is 0. The van der Waals surface area contributed by atoms with Crippen LogP contribution in [0.3, 0.4) is 0 Å². The molecule has 1 aliphatic carbocycles. The number of pyridine rings is 2. The van der Waals surface area contributed by atoms with Gasteiger partial charge in [0, 0.05) is 54.9 Å². The van der Waals surface area contributed by atoms with Crippen LogP contribution in [-0.2, 0) is 18.9 Å². The van der Waals surface area contributed by atoms with Crippen molar-refractivity contribution in [2.45, 2.75) is 25.7 Å². The van der Waals surface area contributed by atoms with Crippen LogP contribution in [0.2, 0.25) is 0 Å². The number of aromatic nitrogens is 4. The first-order valence-corrected chi connectivity index (χ1v) is 10.8. The predicted octanol–water partition coefficient (Wildman–Crippen LogP) is 4.67. The molecule has 0 radical (unpaired) electrons. The average Bonchev–Trinajstić information content (AvgIpc) is 3.43. The smallest absolute Gasteiger partial charge is 0.301 e. The number of rotatable bonds is 4. The maximum atomic E-state index is 13.0. The Labute approximate surface area is 192 Å². The SMILES string of the molecule is Cn1cc(-c2cncc(-c3cnc4c(c3)C=CC4)c2)n(-c2ccc(C(C)(C)C#N)cc2)c1=O. The molecule has 0 saturated carbocycles. The van der Waals surface area contributed by atoms with Crippen LogP contribution in [0.15, 0.2) is 72.1 Å². The topological polar surface area (TPSA) is 76.5 Å². The van der Waals surface area contributed by atoms with Crippen molar-refractivity contribution in [1.82, 2.24) is 19.1 Å². The van der Waals surface area contributed by atoms with Crippen LogP contribution in [0.5, 0.6) is 0 Å². The predicted molar refractivity (Wildman–Crippen MR) is 129 cm³/mol. The zero-order chi connectivity index (χ0) is 23.2. The second-order valence-electron chi connectivity index (χ2n) is 8.86. The van der Waals surface area contributed by atoms with Crippen LogP contribution >= 0.6 is 0 Å². The van der Waals surface area contributed by atoms with Crippen molar-refractivity contribution < 1.29 is 0 Å². The van der Waals surface area contributed by atoms with Crippen molar-refractivity contribution in [3.05, 3.63) is 94.6 Å². The molecule has 0 unspecified atom stereocenters. The van der Waals surface area contributed by atoms with E-state index in [4.69, 9.17) is 0 Å². The zero-order valence-corrected chi connectivity index (χ0v) is 18.8. The molecule has 0 bridgehead atoms. The van der Waals surface area contributed by atoms with E-state index in [1.165, 1.54) is 0 Å². The van der Waals surface area contributed by atoms with Crippen molar-refractivity contribution in [2.24, 2.45) is 7.05 Å². The third kappa shape index (κ3) is 3.58. The van der Waals surface area contributed by atoms with Crippen LogP contribution in [0.4, 0.5) is 0 Å². The second-order valence-corrected chi connectivity index (χ2v) is 8.86. The summed E-state index contributed by atoms with van der Waals surface area (Å²) in [6, 6.07) is 14.0. The van der Waals surface area contributed by atoms with Crippen molar-refractivity contribution in [1.29, 1.82) is 5.26 Å². The molecule has 3 aromatic heterocycles. The molecule has 162 valence electrons. The third-order valence-corrected chi connectivity index (χ3v) is 6.16. The maximum absolute atomic E-state index is 13.0. The molecule has 0 amide bonds. The number of imidazole rings is 1. The molecule has 4 aromatic rings. The minimum absolute atomic E-state index is 0.146. The molecule has 1 aromatic carbocycles. The molecule has 0 aliphatic heterocycles. The summed E-state index contributed by atoms with van der Waals surface area (Å²) in [5.41, 5.74) is 6.63. The number of nitrogens with zero attached hydrogens (tertiary/aromatic N) is 5. The molecule has 0 N–H and O–H groups in total. The number of fused-ring (bicyclic) bond motifs is 1. The Hall–Kier alpha value is -4.24. The van der Waals surface area contributed by atoms with Crippen molar-refractivity contribution in [2.75, 3.05) is 0 Å². The molecular formula is C27H23N5O. The van der Waals surface area contributed by atoms with E-state index in [1.807, 2.05) is 62.8 Å². The van der Waals surface area contributed by atoms with Gasteiger partial charge in [-0.15, -0.1) is 0 Å². The van der Waals surface area contributed by atoms with Crippen LogP contribution in [-0.4, -0.2) is 19.1 Å². The van der Waals surface area contributed by atoms with E-state index in [0.29, 0.717) is 0 Å². The van der Waals surface area contributed by atoms with Gasteiger partial charge in [-0.3, -0.25) is 14.5 Å². The van der Waals surface area contributed by atoms with Crippen molar-refractivity contribution >= 4 is 6.08 Å². The molecule has 0 saturated heterocycles. The number of hydrogen-bond acceptors (Lipinski definition) is 4. The minimum atomic E-state index is -0.597. The van der Waals surface area contributed by atoms with E-state index < -0.39 is 5.41 Å². The van der Waals surface area contributed by atoms with E-state index in [9.17, 15) is 10.1 Å². The van der Waals surface area contributed by atoms with Crippen molar-refractivity contribution in [3.63, 3.8) is 0 Å². The normalized spacial score (nSPS) is 12.5. The lowest BCUT2D eigenvalue weighted by Crippen LogP contribution is -2.21. The van der Waals surface area contributed by atoms with E-state index in [-0.39, 0.29) is 5.69 Å². The fraction of sp³-hybridized carbons (Fsp3) is 0.185. The second kappa shape index (κ2) is 7.72. The largest absolute Gasteiger partial charge is 0.332 e. The average molecular weight is 434 g/mol. The summed E-state index contributed by atoms with van der Waals surface area (Å²) in [6.07, 6.45) is 12.4. The van der Waals surface area contributed by atoms with Gasteiger partial charge in [0.2, 0.25) is 0 Å². The highest BCUT2D eigenvalue weighted by Gasteiger charge is 2.20. The Kier molecular flexibility index (Phi) is 4.83. The highest BCUT2D eigenvalue weighted by Crippen LogP contribution is 2.29. The molecular weight excluding hydrogens is 410 g/mol. The molecule has 0 spiro atoms. The number of benzene rings is 1. The molecule has 33 heavy (non-hydrogen) atoms. The van der Waals surface area contributed by atoms with Crippen molar-refractivity contribution in [3.8, 4) is 34.1 Å². The first kappa shape index (κ1) is 20.7. The van der Waals surface area contributed by atoms with Gasteiger partial charge in [0.1, 0.15) is 0 Å². The highest BCUT2D eigenvalue weighted by atomic mass is 16.1. The third-order valence-electron chi connectivity index (χ3n) is 6.16. The first-order valence-electron chi connectivity index (χ1n) is 10.8. The fourth-order valence-electron chi connectivity index (χ4n) is 4.12. The standard InChI is InChI=1S/C27H23N5O/c1-27(2,17-28)22-7-9-23(10-8-22)32-25(16-31(3)26(32)33)21-12-19(13-29-14-21)20-11-18-5-4-6-24(18)30-15-20/h4-5,7-16H,6H2,1-3H3. The Morgan fingerprint density at radius 3 is 2.52 bits per heavy atom. The number of aryl methyl sites for hydroxylation is 1. The van der Waals surface area contributed by atoms with E-state index in [0.717, 1.165) is 51.3 Å². The molecule has 6 nitrogen and oxygen atoms in total. The van der Waals surface area contributed by atoms with Gasteiger partial charge in [-0.1, -0.05) is 24.3 Å². The summed E-state index contributed by atoms with van der Waals surface area (Å²) in [5, 5.41) is 9.42. The fourth-order valence-corrected chi connectivity index (χ4v) is 4.12. The van der Waals surface area contributed by atoms with Gasteiger partial charge in [-0.25, -0.2) is 4.79 Å². The first-order chi connectivity index (χ1) is 15.9. The highest BCUT2D eigenvalue weighted by molar-refractivity contribution is 5.73. The molecule has 6 heteroatoms. The summed E-state index contributed by atoms with van der Waals surface area (Å²) in [6.45, 7) is 3.76. The lowest BCUT2D eigenvalue weighted by molar-refractivity contribution is 0.686. The van der Waals surface area contributed by atoms with E-state index >= 15 is 0 Å². The Morgan fingerprint density at radius 1 is 1.03 bits per heavy atom. The van der Waals surface area contributed by atoms with Crippen LogP contribution in [0.1, 0.15) is 30.7 Å². The van der Waals surface area contributed by atoms with Gasteiger partial charge in [0.05, 0.1) is 28.6 Å². The Morgan fingerprint density at radius 2 is 1.76 bits per heavy atom. The van der Waals surface area contributed by atoms with E-state index in [1.54, 1.807) is 22.4 Å². The Bertz CT molecular complexity index is 1500. The monoisotopic (exact) mass is 433 g/mol. The summed E-state index contributed by atoms with van der Waals surface area (Å²) < 4.78 is 3.24. The van der Waals surface area contributed by atoms with Gasteiger partial charge in [0.25, 0.3) is 0 Å². The van der Waals surface area contributed by atoms with Gasteiger partial charge in [-0.2, -0.15) is 5.26 Å². The molecule has 0 atom stereocenters. The number of hydrogen-bond donors (Lipinski definition) is 0. The minimum Gasteiger partial charge on any atom is -0.301 e. The van der Waals surface area contributed by atoms with Crippen LogP contribution in [0, 0.1) is 11.3 Å². The Balaban J connectivity index is 1.59. The zero-order valence-electron chi connectivity index (χ0n) is 18.8. The quantitative estimate of drug-likeness (QED) is 0.469. The molecule has 5 rings (SSSR count).